The second kappa shape index (κ2) is 7.46. The molecule has 0 aromatic rings. The molecule has 1 amide bonds. The SMILES string of the molecule is COC(=O)CC(C)SCC(=O)N(C)C1=CCCC1. The first-order valence-corrected chi connectivity index (χ1v) is 7.23. The highest BCUT2D eigenvalue weighted by Crippen LogP contribution is 2.22. The number of nitrogens with zero attached hydrogens (tertiary/aromatic N) is 1. The van der Waals surface area contributed by atoms with Crippen molar-refractivity contribution in [1.82, 2.24) is 4.90 Å². The van der Waals surface area contributed by atoms with Crippen LogP contribution in [-0.2, 0) is 14.3 Å². The van der Waals surface area contributed by atoms with Gasteiger partial charge in [0.05, 0.1) is 19.3 Å². The Morgan fingerprint density at radius 1 is 1.56 bits per heavy atom. The van der Waals surface area contributed by atoms with Gasteiger partial charge in [-0.25, -0.2) is 0 Å². The molecule has 0 fully saturated rings. The van der Waals surface area contributed by atoms with Gasteiger partial charge in [0, 0.05) is 18.0 Å². The maximum Gasteiger partial charge on any atom is 0.306 e. The number of allylic oxidation sites excluding steroid dienone is 2. The normalized spacial score (nSPS) is 16.1. The zero-order valence-corrected chi connectivity index (χ0v) is 12.1. The fraction of sp³-hybridized carbons (Fsp3) is 0.692. The summed E-state index contributed by atoms with van der Waals surface area (Å²) in [6.07, 6.45) is 5.67. The molecule has 1 aliphatic rings. The van der Waals surface area contributed by atoms with E-state index < -0.39 is 0 Å². The summed E-state index contributed by atoms with van der Waals surface area (Å²) < 4.78 is 4.60. The molecule has 0 aromatic heterocycles. The number of carbonyl (C=O) groups excluding carboxylic acids is 2. The minimum atomic E-state index is -0.227. The molecule has 1 unspecified atom stereocenters. The minimum absolute atomic E-state index is 0.102. The summed E-state index contributed by atoms with van der Waals surface area (Å²) in [6.45, 7) is 1.93. The van der Waals surface area contributed by atoms with Gasteiger partial charge in [-0.2, -0.15) is 0 Å². The van der Waals surface area contributed by atoms with Gasteiger partial charge in [0.25, 0.3) is 0 Å². The molecule has 0 aliphatic heterocycles. The maximum atomic E-state index is 11.9. The van der Waals surface area contributed by atoms with Crippen molar-refractivity contribution in [2.45, 2.75) is 37.9 Å². The topological polar surface area (TPSA) is 46.6 Å². The average Bonchev–Trinajstić information content (AvgIpc) is 2.88. The smallest absolute Gasteiger partial charge is 0.306 e. The molecule has 1 rings (SSSR count). The highest BCUT2D eigenvalue weighted by molar-refractivity contribution is 8.00. The van der Waals surface area contributed by atoms with Gasteiger partial charge in [-0.05, 0) is 19.3 Å². The third kappa shape index (κ3) is 4.72. The number of amides is 1. The van der Waals surface area contributed by atoms with Crippen LogP contribution in [0.2, 0.25) is 0 Å². The highest BCUT2D eigenvalue weighted by Gasteiger charge is 2.18. The van der Waals surface area contributed by atoms with Gasteiger partial charge in [0.15, 0.2) is 0 Å². The average molecular weight is 271 g/mol. The third-order valence-electron chi connectivity index (χ3n) is 3.00. The van der Waals surface area contributed by atoms with Gasteiger partial charge in [0.1, 0.15) is 0 Å². The Kier molecular flexibility index (Phi) is 6.25. The Bertz CT molecular complexity index is 341. The van der Waals surface area contributed by atoms with E-state index in [4.69, 9.17) is 0 Å². The molecule has 0 radical (unpaired) electrons. The molecular formula is C13H21NO3S. The fourth-order valence-electron chi connectivity index (χ4n) is 1.81. The summed E-state index contributed by atoms with van der Waals surface area (Å²) in [5.74, 6) is 0.283. The first kappa shape index (κ1) is 15.1. The predicted octanol–water partition coefficient (Wildman–Crippen LogP) is 2.20. The molecule has 102 valence electrons. The van der Waals surface area contributed by atoms with Crippen LogP contribution in [0.5, 0.6) is 0 Å². The van der Waals surface area contributed by atoms with Crippen molar-refractivity contribution < 1.29 is 14.3 Å². The van der Waals surface area contributed by atoms with Crippen molar-refractivity contribution in [3.63, 3.8) is 0 Å². The van der Waals surface area contributed by atoms with Crippen molar-refractivity contribution in [1.29, 1.82) is 0 Å². The lowest BCUT2D eigenvalue weighted by Gasteiger charge is -2.19. The molecule has 0 bridgehead atoms. The maximum absolute atomic E-state index is 11.9. The van der Waals surface area contributed by atoms with E-state index in [0.717, 1.165) is 25.0 Å². The number of methoxy groups -OCH3 is 1. The third-order valence-corrected chi connectivity index (χ3v) is 4.14. The number of ether oxygens (including phenoxy) is 1. The monoisotopic (exact) mass is 271 g/mol. The number of carbonyl (C=O) groups is 2. The van der Waals surface area contributed by atoms with Gasteiger partial charge < -0.3 is 9.64 Å². The Morgan fingerprint density at radius 3 is 2.83 bits per heavy atom. The number of hydrogen-bond acceptors (Lipinski definition) is 4. The van der Waals surface area contributed by atoms with E-state index in [9.17, 15) is 9.59 Å². The van der Waals surface area contributed by atoms with Crippen LogP contribution < -0.4 is 0 Å². The van der Waals surface area contributed by atoms with Crippen LogP contribution in [0.3, 0.4) is 0 Å². The highest BCUT2D eigenvalue weighted by atomic mass is 32.2. The molecule has 0 spiro atoms. The summed E-state index contributed by atoms with van der Waals surface area (Å²) in [6, 6.07) is 0. The van der Waals surface area contributed by atoms with Crippen LogP contribution in [-0.4, -0.2) is 41.9 Å². The van der Waals surface area contributed by atoms with Crippen molar-refractivity contribution in [2.75, 3.05) is 19.9 Å². The van der Waals surface area contributed by atoms with Crippen LogP contribution in [0, 0.1) is 0 Å². The lowest BCUT2D eigenvalue weighted by atomic mass is 10.3. The molecule has 0 heterocycles. The lowest BCUT2D eigenvalue weighted by Crippen LogP contribution is -2.27. The van der Waals surface area contributed by atoms with Crippen molar-refractivity contribution >= 4 is 23.6 Å². The molecule has 1 atom stereocenters. The van der Waals surface area contributed by atoms with E-state index in [0.29, 0.717) is 12.2 Å². The quantitative estimate of drug-likeness (QED) is 0.695. The van der Waals surface area contributed by atoms with E-state index in [-0.39, 0.29) is 17.1 Å². The number of rotatable bonds is 6. The Balaban J connectivity index is 2.29. The summed E-state index contributed by atoms with van der Waals surface area (Å²) in [4.78, 5) is 24.7. The molecular weight excluding hydrogens is 250 g/mol. The van der Waals surface area contributed by atoms with E-state index in [1.807, 2.05) is 14.0 Å². The van der Waals surface area contributed by atoms with Gasteiger partial charge in [-0.3, -0.25) is 9.59 Å². The van der Waals surface area contributed by atoms with Crippen molar-refractivity contribution in [2.24, 2.45) is 0 Å². The Labute approximate surface area is 113 Å². The first-order valence-electron chi connectivity index (χ1n) is 6.18. The van der Waals surface area contributed by atoms with E-state index in [1.54, 1.807) is 4.90 Å². The van der Waals surface area contributed by atoms with E-state index in [2.05, 4.69) is 10.8 Å². The molecule has 0 N–H and O–H groups in total. The summed E-state index contributed by atoms with van der Waals surface area (Å²) in [5, 5.41) is 0.104. The zero-order chi connectivity index (χ0) is 13.5. The molecule has 18 heavy (non-hydrogen) atoms. The zero-order valence-electron chi connectivity index (χ0n) is 11.3. The van der Waals surface area contributed by atoms with Crippen LogP contribution in [0.1, 0.15) is 32.6 Å². The van der Waals surface area contributed by atoms with E-state index >= 15 is 0 Å². The second-order valence-corrected chi connectivity index (χ2v) is 5.87. The van der Waals surface area contributed by atoms with Crippen LogP contribution in [0.15, 0.2) is 11.8 Å². The van der Waals surface area contributed by atoms with Crippen molar-refractivity contribution in [3.8, 4) is 0 Å². The summed E-state index contributed by atoms with van der Waals surface area (Å²) >= 11 is 1.50. The summed E-state index contributed by atoms with van der Waals surface area (Å²) in [7, 11) is 3.20. The summed E-state index contributed by atoms with van der Waals surface area (Å²) in [5.41, 5.74) is 1.13. The Morgan fingerprint density at radius 2 is 2.28 bits per heavy atom. The largest absolute Gasteiger partial charge is 0.469 e. The standard InChI is InChI=1S/C13H21NO3S/c1-10(8-13(16)17-3)18-9-12(15)14(2)11-6-4-5-7-11/h6,10H,4-5,7-9H2,1-3H3. The first-order chi connectivity index (χ1) is 8.54. The van der Waals surface area contributed by atoms with Gasteiger partial charge in [-0.1, -0.05) is 13.0 Å². The predicted molar refractivity (Wildman–Crippen MR) is 73.3 cm³/mol. The van der Waals surface area contributed by atoms with Crippen LogP contribution in [0.25, 0.3) is 0 Å². The number of hydrogen-bond donors (Lipinski definition) is 0. The van der Waals surface area contributed by atoms with Gasteiger partial charge in [-0.15, -0.1) is 11.8 Å². The number of esters is 1. The van der Waals surface area contributed by atoms with Gasteiger partial charge >= 0.3 is 5.97 Å². The molecule has 0 aromatic carbocycles. The Hall–Kier alpha value is -0.970. The number of thioether (sulfide) groups is 1. The molecule has 0 saturated carbocycles. The molecule has 1 aliphatic carbocycles. The minimum Gasteiger partial charge on any atom is -0.469 e. The van der Waals surface area contributed by atoms with Gasteiger partial charge in [0.2, 0.25) is 5.91 Å². The molecule has 0 saturated heterocycles. The second-order valence-electron chi connectivity index (χ2n) is 4.44. The fourth-order valence-corrected chi connectivity index (χ4v) is 2.68. The van der Waals surface area contributed by atoms with Crippen LogP contribution in [0.4, 0.5) is 0 Å². The molecule has 5 heteroatoms. The lowest BCUT2D eigenvalue weighted by molar-refractivity contribution is -0.140. The van der Waals surface area contributed by atoms with Crippen molar-refractivity contribution in [3.05, 3.63) is 11.8 Å². The molecule has 4 nitrogen and oxygen atoms in total. The van der Waals surface area contributed by atoms with E-state index in [1.165, 1.54) is 18.9 Å². The van der Waals surface area contributed by atoms with Crippen LogP contribution >= 0.6 is 11.8 Å².